The number of fused-ring (bicyclic) bond motifs is 1. The van der Waals surface area contributed by atoms with Gasteiger partial charge in [-0.15, -0.1) is 0 Å². The highest BCUT2D eigenvalue weighted by molar-refractivity contribution is 6.05. The Morgan fingerprint density at radius 2 is 1.87 bits per heavy atom. The molecule has 23 heavy (non-hydrogen) atoms. The van der Waals surface area contributed by atoms with Crippen LogP contribution in [0.25, 0.3) is 10.9 Å². The van der Waals surface area contributed by atoms with Crippen molar-refractivity contribution in [2.45, 2.75) is 6.92 Å². The SMILES string of the molecule is CCOc1ccc(NC(=O)c2c[nH]c3ccccc3c2=O)cc1. The van der Waals surface area contributed by atoms with Crippen LogP contribution >= 0.6 is 0 Å². The molecule has 0 aliphatic carbocycles. The summed E-state index contributed by atoms with van der Waals surface area (Å²) in [6, 6.07) is 14.1. The van der Waals surface area contributed by atoms with Crippen molar-refractivity contribution < 1.29 is 9.53 Å². The van der Waals surface area contributed by atoms with E-state index < -0.39 is 5.91 Å². The molecule has 116 valence electrons. The summed E-state index contributed by atoms with van der Waals surface area (Å²) in [4.78, 5) is 27.7. The van der Waals surface area contributed by atoms with Crippen molar-refractivity contribution in [3.63, 3.8) is 0 Å². The van der Waals surface area contributed by atoms with Crippen LogP contribution in [0.2, 0.25) is 0 Å². The first-order chi connectivity index (χ1) is 11.2. The van der Waals surface area contributed by atoms with E-state index in [1.807, 2.05) is 13.0 Å². The number of pyridine rings is 1. The predicted octanol–water partition coefficient (Wildman–Crippen LogP) is 3.18. The number of aromatic nitrogens is 1. The Morgan fingerprint density at radius 3 is 2.61 bits per heavy atom. The van der Waals surface area contributed by atoms with Gasteiger partial charge < -0.3 is 15.0 Å². The van der Waals surface area contributed by atoms with Crippen LogP contribution in [0.1, 0.15) is 17.3 Å². The quantitative estimate of drug-likeness (QED) is 0.777. The molecule has 5 heteroatoms. The van der Waals surface area contributed by atoms with Gasteiger partial charge in [0.2, 0.25) is 5.43 Å². The molecule has 0 atom stereocenters. The zero-order chi connectivity index (χ0) is 16.2. The maximum atomic E-state index is 12.4. The van der Waals surface area contributed by atoms with Crippen molar-refractivity contribution in [2.24, 2.45) is 0 Å². The number of anilines is 1. The maximum Gasteiger partial charge on any atom is 0.261 e. The Balaban J connectivity index is 1.86. The van der Waals surface area contributed by atoms with E-state index >= 15 is 0 Å². The van der Waals surface area contributed by atoms with E-state index in [-0.39, 0.29) is 11.0 Å². The Bertz CT molecular complexity index is 898. The van der Waals surface area contributed by atoms with Gasteiger partial charge in [0.1, 0.15) is 11.3 Å². The second kappa shape index (κ2) is 6.36. The molecule has 3 rings (SSSR count). The molecule has 2 aromatic carbocycles. The van der Waals surface area contributed by atoms with E-state index in [9.17, 15) is 9.59 Å². The van der Waals surface area contributed by atoms with Crippen molar-refractivity contribution in [1.29, 1.82) is 0 Å². The number of ether oxygens (including phenoxy) is 1. The maximum absolute atomic E-state index is 12.4. The third-order valence-electron chi connectivity index (χ3n) is 3.46. The number of amides is 1. The van der Waals surface area contributed by atoms with Crippen LogP contribution in [0, 0.1) is 0 Å². The number of para-hydroxylation sites is 1. The highest BCUT2D eigenvalue weighted by Gasteiger charge is 2.13. The molecule has 0 bridgehead atoms. The number of rotatable bonds is 4. The van der Waals surface area contributed by atoms with E-state index in [2.05, 4.69) is 10.3 Å². The molecule has 0 fully saturated rings. The zero-order valence-electron chi connectivity index (χ0n) is 12.6. The average molecular weight is 308 g/mol. The van der Waals surface area contributed by atoms with Crippen LogP contribution in [0.3, 0.4) is 0 Å². The summed E-state index contributed by atoms with van der Waals surface area (Å²) < 4.78 is 5.35. The van der Waals surface area contributed by atoms with Crippen molar-refractivity contribution in [3.8, 4) is 5.75 Å². The third kappa shape index (κ3) is 3.08. The lowest BCUT2D eigenvalue weighted by Gasteiger charge is -2.07. The molecule has 0 aliphatic heterocycles. The number of hydrogen-bond acceptors (Lipinski definition) is 3. The van der Waals surface area contributed by atoms with Crippen LogP contribution < -0.4 is 15.5 Å². The fourth-order valence-corrected chi connectivity index (χ4v) is 2.34. The standard InChI is InChI=1S/C18H16N2O3/c1-2-23-13-9-7-12(8-10-13)20-18(22)15-11-19-16-6-4-3-5-14(16)17(15)21/h3-11H,2H2,1H3,(H,19,21)(H,20,22). The molecule has 1 heterocycles. The molecule has 5 nitrogen and oxygen atoms in total. The van der Waals surface area contributed by atoms with Crippen LogP contribution in [0.4, 0.5) is 5.69 Å². The Morgan fingerprint density at radius 1 is 1.13 bits per heavy atom. The minimum absolute atomic E-state index is 0.0811. The Kier molecular flexibility index (Phi) is 4.10. The van der Waals surface area contributed by atoms with Gasteiger partial charge in [-0.3, -0.25) is 9.59 Å². The number of aromatic amines is 1. The van der Waals surface area contributed by atoms with Gasteiger partial charge in [0.15, 0.2) is 0 Å². The van der Waals surface area contributed by atoms with Crippen molar-refractivity contribution in [2.75, 3.05) is 11.9 Å². The monoisotopic (exact) mass is 308 g/mol. The lowest BCUT2D eigenvalue weighted by molar-refractivity contribution is 0.102. The van der Waals surface area contributed by atoms with Gasteiger partial charge in [-0.25, -0.2) is 0 Å². The van der Waals surface area contributed by atoms with E-state index in [0.29, 0.717) is 23.2 Å². The molecular weight excluding hydrogens is 292 g/mol. The van der Waals surface area contributed by atoms with Crippen LogP contribution in [-0.4, -0.2) is 17.5 Å². The molecule has 0 spiro atoms. The first-order valence-electron chi connectivity index (χ1n) is 7.33. The lowest BCUT2D eigenvalue weighted by atomic mass is 10.1. The normalized spacial score (nSPS) is 10.5. The molecule has 1 aromatic heterocycles. The average Bonchev–Trinajstić information content (AvgIpc) is 2.57. The fourth-order valence-electron chi connectivity index (χ4n) is 2.34. The van der Waals surface area contributed by atoms with Gasteiger partial charge in [-0.2, -0.15) is 0 Å². The van der Waals surface area contributed by atoms with E-state index in [4.69, 9.17) is 4.74 Å². The number of hydrogen-bond donors (Lipinski definition) is 2. The molecule has 0 saturated carbocycles. The van der Waals surface area contributed by atoms with Gasteiger partial charge >= 0.3 is 0 Å². The zero-order valence-corrected chi connectivity index (χ0v) is 12.6. The first-order valence-corrected chi connectivity index (χ1v) is 7.33. The molecule has 3 aromatic rings. The molecule has 0 unspecified atom stereocenters. The van der Waals surface area contributed by atoms with Crippen molar-refractivity contribution >= 4 is 22.5 Å². The summed E-state index contributed by atoms with van der Waals surface area (Å²) in [5.41, 5.74) is 1.10. The number of H-pyrrole nitrogens is 1. The second-order valence-corrected chi connectivity index (χ2v) is 4.99. The smallest absolute Gasteiger partial charge is 0.261 e. The number of carbonyl (C=O) groups is 1. The van der Waals surface area contributed by atoms with Crippen LogP contribution in [0.5, 0.6) is 5.75 Å². The van der Waals surface area contributed by atoms with Gasteiger partial charge in [0.25, 0.3) is 5.91 Å². The summed E-state index contributed by atoms with van der Waals surface area (Å²) in [6.07, 6.45) is 1.44. The van der Waals surface area contributed by atoms with E-state index in [0.717, 1.165) is 5.75 Å². The van der Waals surface area contributed by atoms with Crippen LogP contribution in [0.15, 0.2) is 59.5 Å². The molecule has 0 aliphatic rings. The summed E-state index contributed by atoms with van der Waals surface area (Å²) >= 11 is 0. The number of benzene rings is 2. The van der Waals surface area contributed by atoms with E-state index in [1.165, 1.54) is 6.20 Å². The predicted molar refractivity (Wildman–Crippen MR) is 90.1 cm³/mol. The van der Waals surface area contributed by atoms with Crippen molar-refractivity contribution in [3.05, 3.63) is 70.5 Å². The fraction of sp³-hybridized carbons (Fsp3) is 0.111. The van der Waals surface area contributed by atoms with Crippen molar-refractivity contribution in [1.82, 2.24) is 4.98 Å². The van der Waals surface area contributed by atoms with Crippen LogP contribution in [-0.2, 0) is 0 Å². The number of nitrogens with one attached hydrogen (secondary N) is 2. The van der Waals surface area contributed by atoms with Gasteiger partial charge in [0.05, 0.1) is 6.61 Å². The molecule has 2 N–H and O–H groups in total. The summed E-state index contributed by atoms with van der Waals surface area (Å²) in [5.74, 6) is 0.287. The highest BCUT2D eigenvalue weighted by atomic mass is 16.5. The first kappa shape index (κ1) is 14.8. The third-order valence-corrected chi connectivity index (χ3v) is 3.46. The highest BCUT2D eigenvalue weighted by Crippen LogP contribution is 2.16. The van der Waals surface area contributed by atoms with Gasteiger partial charge in [-0.05, 0) is 43.3 Å². The number of carbonyl (C=O) groups excluding carboxylic acids is 1. The van der Waals surface area contributed by atoms with Gasteiger partial charge in [-0.1, -0.05) is 12.1 Å². The Hall–Kier alpha value is -3.08. The Labute approximate surface area is 132 Å². The summed E-state index contributed by atoms with van der Waals surface area (Å²) in [6.45, 7) is 2.49. The molecule has 0 radical (unpaired) electrons. The lowest BCUT2D eigenvalue weighted by Crippen LogP contribution is -2.21. The molecule has 0 saturated heterocycles. The summed E-state index contributed by atoms with van der Waals surface area (Å²) in [5, 5.41) is 3.21. The second-order valence-electron chi connectivity index (χ2n) is 4.99. The molecular formula is C18H16N2O3. The minimum atomic E-state index is -0.443. The van der Waals surface area contributed by atoms with E-state index in [1.54, 1.807) is 42.5 Å². The minimum Gasteiger partial charge on any atom is -0.494 e. The summed E-state index contributed by atoms with van der Waals surface area (Å²) in [7, 11) is 0. The van der Waals surface area contributed by atoms with Gasteiger partial charge in [0, 0.05) is 22.8 Å². The largest absolute Gasteiger partial charge is 0.494 e. The topological polar surface area (TPSA) is 71.2 Å². The molecule has 1 amide bonds.